The second-order valence-corrected chi connectivity index (χ2v) is 4.57. The Labute approximate surface area is 95.4 Å². The van der Waals surface area contributed by atoms with E-state index in [1.165, 1.54) is 5.56 Å². The van der Waals surface area contributed by atoms with Crippen LogP contribution in [0, 0.1) is 0 Å². The molecule has 1 nitrogen and oxygen atoms in total. The molecule has 1 aromatic rings. The average molecular weight is 308 g/mol. The third-order valence-electron chi connectivity index (χ3n) is 1.92. The van der Waals surface area contributed by atoms with Crippen LogP contribution in [0.3, 0.4) is 0 Å². The Morgan fingerprint density at radius 2 is 2.00 bits per heavy atom. The minimum Gasteiger partial charge on any atom is -0.392 e. The maximum atomic E-state index is 9.11. The van der Waals surface area contributed by atoms with Crippen molar-refractivity contribution < 1.29 is 5.11 Å². The quantitative estimate of drug-likeness (QED) is 0.847. The number of alkyl halides is 1. The first-order chi connectivity index (χ1) is 6.27. The highest BCUT2D eigenvalue weighted by Crippen LogP contribution is 2.18. The molecule has 0 bridgehead atoms. The summed E-state index contributed by atoms with van der Waals surface area (Å²) >= 11 is 6.78. The van der Waals surface area contributed by atoms with Crippen LogP contribution in [0.25, 0.3) is 0 Å². The van der Waals surface area contributed by atoms with E-state index >= 15 is 0 Å². The largest absolute Gasteiger partial charge is 0.392 e. The molecule has 0 amide bonds. The summed E-state index contributed by atoms with van der Waals surface area (Å²) in [7, 11) is 0. The maximum absolute atomic E-state index is 9.11. The Hall–Kier alpha value is 0.140. The van der Waals surface area contributed by atoms with Gasteiger partial charge in [0.15, 0.2) is 0 Å². The molecule has 0 aromatic heterocycles. The molecular formula is C10H12Br2O. The van der Waals surface area contributed by atoms with Crippen LogP contribution in [0.5, 0.6) is 0 Å². The topological polar surface area (TPSA) is 20.2 Å². The van der Waals surface area contributed by atoms with Crippen molar-refractivity contribution in [1.82, 2.24) is 0 Å². The lowest BCUT2D eigenvalue weighted by Gasteiger charge is -2.06. The molecule has 0 heterocycles. The van der Waals surface area contributed by atoms with E-state index in [1.807, 2.05) is 12.1 Å². The number of hydrogen-bond acceptors (Lipinski definition) is 1. The van der Waals surface area contributed by atoms with Crippen molar-refractivity contribution in [3.05, 3.63) is 33.8 Å². The second-order valence-electron chi connectivity index (χ2n) is 2.86. The summed E-state index contributed by atoms with van der Waals surface area (Å²) in [6, 6.07) is 6.06. The summed E-state index contributed by atoms with van der Waals surface area (Å²) in [4.78, 5) is 0. The van der Waals surface area contributed by atoms with E-state index in [2.05, 4.69) is 37.9 Å². The van der Waals surface area contributed by atoms with Crippen molar-refractivity contribution in [3.63, 3.8) is 0 Å². The lowest BCUT2D eigenvalue weighted by atomic mass is 10.0. The highest BCUT2D eigenvalue weighted by Gasteiger charge is 2.01. The fourth-order valence-electron chi connectivity index (χ4n) is 1.24. The predicted octanol–water partition coefficient (Wildman–Crippen LogP) is 3.27. The standard InChI is InChI=1S/C10H12Br2O/c11-5-1-2-8-3-4-10(12)6-9(8)7-13/h3-4,6,13H,1-2,5,7H2. The molecule has 0 atom stereocenters. The molecule has 1 N–H and O–H groups in total. The third-order valence-corrected chi connectivity index (χ3v) is 2.97. The lowest BCUT2D eigenvalue weighted by molar-refractivity contribution is 0.280. The molecule has 0 aliphatic carbocycles. The van der Waals surface area contributed by atoms with Gasteiger partial charge in [0.2, 0.25) is 0 Å². The molecular weight excluding hydrogens is 296 g/mol. The summed E-state index contributed by atoms with van der Waals surface area (Å²) in [6.07, 6.45) is 2.13. The third kappa shape index (κ3) is 3.41. The summed E-state index contributed by atoms with van der Waals surface area (Å²) < 4.78 is 1.03. The number of hydrogen-bond donors (Lipinski definition) is 1. The highest BCUT2D eigenvalue weighted by molar-refractivity contribution is 9.10. The van der Waals surface area contributed by atoms with Gasteiger partial charge in [0.05, 0.1) is 6.61 Å². The minimum absolute atomic E-state index is 0.122. The van der Waals surface area contributed by atoms with E-state index in [9.17, 15) is 0 Å². The number of aliphatic hydroxyl groups excluding tert-OH is 1. The first-order valence-corrected chi connectivity index (χ1v) is 6.13. The van der Waals surface area contributed by atoms with E-state index in [1.54, 1.807) is 0 Å². The molecule has 72 valence electrons. The maximum Gasteiger partial charge on any atom is 0.0684 e. The van der Waals surface area contributed by atoms with Gasteiger partial charge in [0.25, 0.3) is 0 Å². The predicted molar refractivity (Wildman–Crippen MR) is 62.2 cm³/mol. The molecule has 0 fully saturated rings. The Morgan fingerprint density at radius 1 is 1.23 bits per heavy atom. The Bertz CT molecular complexity index is 274. The van der Waals surface area contributed by atoms with Gasteiger partial charge in [-0.2, -0.15) is 0 Å². The van der Waals surface area contributed by atoms with Crippen LogP contribution in [0.4, 0.5) is 0 Å². The minimum atomic E-state index is 0.122. The monoisotopic (exact) mass is 306 g/mol. The fourth-order valence-corrected chi connectivity index (χ4v) is 1.93. The van der Waals surface area contributed by atoms with E-state index in [0.29, 0.717) is 0 Å². The van der Waals surface area contributed by atoms with Crippen molar-refractivity contribution in [2.24, 2.45) is 0 Å². The summed E-state index contributed by atoms with van der Waals surface area (Å²) in [6.45, 7) is 0.122. The smallest absolute Gasteiger partial charge is 0.0684 e. The van der Waals surface area contributed by atoms with Crippen molar-refractivity contribution in [2.75, 3.05) is 5.33 Å². The van der Waals surface area contributed by atoms with Crippen LogP contribution in [0.2, 0.25) is 0 Å². The van der Waals surface area contributed by atoms with E-state index in [4.69, 9.17) is 5.11 Å². The van der Waals surface area contributed by atoms with Crippen LogP contribution in [0.1, 0.15) is 17.5 Å². The van der Waals surface area contributed by atoms with E-state index < -0.39 is 0 Å². The van der Waals surface area contributed by atoms with Gasteiger partial charge in [-0.3, -0.25) is 0 Å². The van der Waals surface area contributed by atoms with Crippen LogP contribution in [0.15, 0.2) is 22.7 Å². The first-order valence-electron chi connectivity index (χ1n) is 4.22. The van der Waals surface area contributed by atoms with Gasteiger partial charge in [-0.05, 0) is 36.1 Å². The van der Waals surface area contributed by atoms with Gasteiger partial charge in [-0.15, -0.1) is 0 Å². The molecule has 1 rings (SSSR count). The number of halogens is 2. The molecule has 0 aliphatic rings. The average Bonchev–Trinajstić information content (AvgIpc) is 2.16. The van der Waals surface area contributed by atoms with Crippen molar-refractivity contribution in [1.29, 1.82) is 0 Å². The SMILES string of the molecule is OCc1cc(Br)ccc1CCCBr. The van der Waals surface area contributed by atoms with E-state index in [-0.39, 0.29) is 6.61 Å². The van der Waals surface area contributed by atoms with Gasteiger partial charge in [-0.1, -0.05) is 37.9 Å². The van der Waals surface area contributed by atoms with Crippen LogP contribution in [-0.4, -0.2) is 10.4 Å². The molecule has 0 saturated carbocycles. The van der Waals surface area contributed by atoms with Crippen LogP contribution in [-0.2, 0) is 13.0 Å². The Kier molecular flexibility index (Phi) is 4.99. The highest BCUT2D eigenvalue weighted by atomic mass is 79.9. The van der Waals surface area contributed by atoms with Gasteiger partial charge in [0, 0.05) is 9.80 Å². The van der Waals surface area contributed by atoms with Gasteiger partial charge >= 0.3 is 0 Å². The summed E-state index contributed by atoms with van der Waals surface area (Å²) in [5, 5.41) is 10.1. The van der Waals surface area contributed by atoms with Crippen LogP contribution >= 0.6 is 31.9 Å². The zero-order valence-corrected chi connectivity index (χ0v) is 10.4. The van der Waals surface area contributed by atoms with Gasteiger partial charge in [0.1, 0.15) is 0 Å². The van der Waals surface area contributed by atoms with Crippen molar-refractivity contribution in [2.45, 2.75) is 19.4 Å². The lowest BCUT2D eigenvalue weighted by Crippen LogP contribution is -1.94. The molecule has 0 radical (unpaired) electrons. The zero-order chi connectivity index (χ0) is 9.68. The first kappa shape index (κ1) is 11.2. The molecule has 0 aliphatic heterocycles. The molecule has 0 unspecified atom stereocenters. The fraction of sp³-hybridized carbons (Fsp3) is 0.400. The zero-order valence-electron chi connectivity index (χ0n) is 7.26. The Morgan fingerprint density at radius 3 is 2.62 bits per heavy atom. The molecule has 0 saturated heterocycles. The molecule has 13 heavy (non-hydrogen) atoms. The Balaban J connectivity index is 2.79. The second kappa shape index (κ2) is 5.78. The van der Waals surface area contributed by atoms with Crippen LogP contribution < -0.4 is 0 Å². The van der Waals surface area contributed by atoms with Crippen molar-refractivity contribution in [3.8, 4) is 0 Å². The normalized spacial score (nSPS) is 10.4. The number of aliphatic hydroxyl groups is 1. The summed E-state index contributed by atoms with van der Waals surface area (Å²) in [5.74, 6) is 0. The van der Waals surface area contributed by atoms with E-state index in [0.717, 1.165) is 28.2 Å². The van der Waals surface area contributed by atoms with Crippen molar-refractivity contribution >= 4 is 31.9 Å². The molecule has 1 aromatic carbocycles. The summed E-state index contributed by atoms with van der Waals surface area (Å²) in [5.41, 5.74) is 2.26. The number of benzene rings is 1. The molecule has 3 heteroatoms. The number of aryl methyl sites for hydroxylation is 1. The van der Waals surface area contributed by atoms with Gasteiger partial charge in [-0.25, -0.2) is 0 Å². The van der Waals surface area contributed by atoms with Gasteiger partial charge < -0.3 is 5.11 Å². The molecule has 0 spiro atoms. The number of rotatable bonds is 4.